The molecule has 1 aliphatic heterocycles. The molecular weight excluding hydrogens is 268 g/mol. The molecule has 2 fully saturated rings. The third-order valence-electron chi connectivity index (χ3n) is 4.36. The van der Waals surface area contributed by atoms with Crippen LogP contribution in [-0.4, -0.2) is 42.4 Å². The number of urea groups is 1. The van der Waals surface area contributed by atoms with Gasteiger partial charge in [-0.15, -0.1) is 0 Å². The van der Waals surface area contributed by atoms with E-state index in [4.69, 9.17) is 0 Å². The molecule has 2 aliphatic rings. The van der Waals surface area contributed by atoms with Crippen molar-refractivity contribution in [1.29, 1.82) is 0 Å². The Morgan fingerprint density at radius 2 is 2.14 bits per heavy atom. The van der Waals surface area contributed by atoms with Crippen LogP contribution in [0.15, 0.2) is 18.3 Å². The van der Waals surface area contributed by atoms with E-state index in [1.54, 1.807) is 6.20 Å². The number of nitrogens with one attached hydrogen (secondary N) is 2. The van der Waals surface area contributed by atoms with Crippen molar-refractivity contribution in [1.82, 2.24) is 10.3 Å². The fourth-order valence-corrected chi connectivity index (χ4v) is 2.68. The zero-order valence-electron chi connectivity index (χ0n) is 12.1. The molecule has 0 spiro atoms. The molecule has 1 aliphatic carbocycles. The van der Waals surface area contributed by atoms with Gasteiger partial charge in [-0.1, -0.05) is 0 Å². The van der Waals surface area contributed by atoms with Gasteiger partial charge in [0.1, 0.15) is 0 Å². The number of hydrogen-bond donors (Lipinski definition) is 3. The largest absolute Gasteiger partial charge is 0.396 e. The van der Waals surface area contributed by atoms with E-state index in [1.807, 2.05) is 12.1 Å². The first-order chi connectivity index (χ1) is 10.2. The minimum absolute atomic E-state index is 0.0793. The lowest BCUT2D eigenvalue weighted by molar-refractivity contribution is 0.206. The molecule has 0 bridgehead atoms. The van der Waals surface area contributed by atoms with Crippen molar-refractivity contribution >= 4 is 17.5 Å². The number of hydrogen-bond acceptors (Lipinski definition) is 4. The highest BCUT2D eigenvalue weighted by atomic mass is 16.3. The Kier molecular flexibility index (Phi) is 3.96. The molecule has 0 radical (unpaired) electrons. The smallest absolute Gasteiger partial charge is 0.319 e. The Morgan fingerprint density at radius 3 is 2.81 bits per heavy atom. The van der Waals surface area contributed by atoms with E-state index in [2.05, 4.69) is 20.5 Å². The lowest BCUT2D eigenvalue weighted by Gasteiger charge is -2.20. The molecule has 3 N–H and O–H groups in total. The zero-order chi connectivity index (χ0) is 14.7. The Labute approximate surface area is 124 Å². The molecule has 1 aromatic heterocycles. The van der Waals surface area contributed by atoms with Gasteiger partial charge < -0.3 is 20.6 Å². The van der Waals surface area contributed by atoms with Gasteiger partial charge in [0.15, 0.2) is 5.82 Å². The van der Waals surface area contributed by atoms with Gasteiger partial charge in [0.2, 0.25) is 0 Å². The van der Waals surface area contributed by atoms with Crippen LogP contribution in [0.4, 0.5) is 16.3 Å². The summed E-state index contributed by atoms with van der Waals surface area (Å²) in [4.78, 5) is 18.6. The number of carbonyl (C=O) groups excluding carboxylic acids is 1. The molecule has 114 valence electrons. The molecule has 6 heteroatoms. The number of aromatic nitrogens is 1. The highest BCUT2D eigenvalue weighted by Gasteiger charge is 2.42. The van der Waals surface area contributed by atoms with Gasteiger partial charge in [-0.05, 0) is 37.8 Å². The SMILES string of the molecule is O=C(NCC1(CO)CC1)Nc1cccnc1N1CCCC1. The van der Waals surface area contributed by atoms with E-state index in [1.165, 1.54) is 12.8 Å². The van der Waals surface area contributed by atoms with Gasteiger partial charge in [-0.25, -0.2) is 9.78 Å². The fraction of sp³-hybridized carbons (Fsp3) is 0.600. The molecule has 21 heavy (non-hydrogen) atoms. The summed E-state index contributed by atoms with van der Waals surface area (Å²) in [5.74, 6) is 0.841. The average molecular weight is 290 g/mol. The van der Waals surface area contributed by atoms with Crippen LogP contribution in [-0.2, 0) is 0 Å². The maximum Gasteiger partial charge on any atom is 0.319 e. The lowest BCUT2D eigenvalue weighted by atomic mass is 10.1. The van der Waals surface area contributed by atoms with Crippen LogP contribution in [0, 0.1) is 5.41 Å². The van der Waals surface area contributed by atoms with Gasteiger partial charge in [-0.3, -0.25) is 0 Å². The van der Waals surface area contributed by atoms with Crippen LogP contribution >= 0.6 is 0 Å². The number of nitrogens with zero attached hydrogens (tertiary/aromatic N) is 2. The summed E-state index contributed by atoms with van der Waals surface area (Å²) in [5.41, 5.74) is 0.662. The van der Waals surface area contributed by atoms with Crippen molar-refractivity contribution in [3.63, 3.8) is 0 Å². The first kappa shape index (κ1) is 14.1. The van der Waals surface area contributed by atoms with Gasteiger partial charge in [0, 0.05) is 31.2 Å². The number of amides is 2. The second-order valence-electron chi connectivity index (χ2n) is 6.03. The summed E-state index contributed by atoms with van der Waals surface area (Å²) in [6, 6.07) is 3.47. The van der Waals surface area contributed by atoms with Crippen molar-refractivity contribution in [2.24, 2.45) is 5.41 Å². The monoisotopic (exact) mass is 290 g/mol. The van der Waals surface area contributed by atoms with Crippen molar-refractivity contribution in [2.75, 3.05) is 36.5 Å². The maximum atomic E-state index is 12.0. The topological polar surface area (TPSA) is 77.5 Å². The molecule has 1 saturated carbocycles. The van der Waals surface area contributed by atoms with Gasteiger partial charge in [-0.2, -0.15) is 0 Å². The Bertz CT molecular complexity index is 510. The van der Waals surface area contributed by atoms with Crippen molar-refractivity contribution in [2.45, 2.75) is 25.7 Å². The molecular formula is C15H22N4O2. The second-order valence-corrected chi connectivity index (χ2v) is 6.03. The predicted octanol–water partition coefficient (Wildman–Crippen LogP) is 1.58. The molecule has 0 atom stereocenters. The first-order valence-corrected chi connectivity index (χ1v) is 7.58. The summed E-state index contributed by atoms with van der Waals surface area (Å²) >= 11 is 0. The van der Waals surface area contributed by atoms with Crippen LogP contribution in [0.1, 0.15) is 25.7 Å². The summed E-state index contributed by atoms with van der Waals surface area (Å²) in [5, 5.41) is 15.0. The predicted molar refractivity (Wildman–Crippen MR) is 81.5 cm³/mol. The van der Waals surface area contributed by atoms with Gasteiger partial charge >= 0.3 is 6.03 Å². The van der Waals surface area contributed by atoms with E-state index in [-0.39, 0.29) is 18.1 Å². The first-order valence-electron chi connectivity index (χ1n) is 7.58. The quantitative estimate of drug-likeness (QED) is 0.769. The van der Waals surface area contributed by atoms with Crippen LogP contribution in [0.5, 0.6) is 0 Å². The minimum atomic E-state index is -0.233. The van der Waals surface area contributed by atoms with E-state index < -0.39 is 0 Å². The molecule has 3 rings (SSSR count). The standard InChI is InChI=1S/C15H22N4O2/c20-11-15(5-6-15)10-17-14(21)18-12-4-3-7-16-13(12)19-8-1-2-9-19/h3-4,7,20H,1-2,5-6,8-11H2,(H2,17,18,21). The fourth-order valence-electron chi connectivity index (χ4n) is 2.68. The molecule has 0 unspecified atom stereocenters. The average Bonchev–Trinajstić information content (AvgIpc) is 3.09. The van der Waals surface area contributed by atoms with Crippen molar-refractivity contribution in [3.05, 3.63) is 18.3 Å². The number of rotatable bonds is 5. The molecule has 2 amide bonds. The van der Waals surface area contributed by atoms with E-state index >= 15 is 0 Å². The molecule has 1 aromatic rings. The van der Waals surface area contributed by atoms with Crippen LogP contribution < -0.4 is 15.5 Å². The van der Waals surface area contributed by atoms with Crippen LogP contribution in [0.25, 0.3) is 0 Å². The summed E-state index contributed by atoms with van der Waals surface area (Å²) in [7, 11) is 0. The number of aliphatic hydroxyl groups is 1. The normalized spacial score (nSPS) is 19.4. The Morgan fingerprint density at radius 1 is 1.38 bits per heavy atom. The molecule has 1 saturated heterocycles. The second kappa shape index (κ2) is 5.89. The molecule has 2 heterocycles. The zero-order valence-corrected chi connectivity index (χ0v) is 12.1. The maximum absolute atomic E-state index is 12.0. The number of pyridine rings is 1. The van der Waals surface area contributed by atoms with E-state index in [0.717, 1.165) is 37.4 Å². The third-order valence-corrected chi connectivity index (χ3v) is 4.36. The Hall–Kier alpha value is -1.82. The third kappa shape index (κ3) is 3.26. The number of anilines is 2. The summed E-state index contributed by atoms with van der Waals surface area (Å²) < 4.78 is 0. The number of aliphatic hydroxyl groups excluding tert-OH is 1. The molecule has 0 aromatic carbocycles. The highest BCUT2D eigenvalue weighted by molar-refractivity contribution is 5.92. The van der Waals surface area contributed by atoms with Crippen molar-refractivity contribution < 1.29 is 9.90 Å². The van der Waals surface area contributed by atoms with E-state index in [9.17, 15) is 9.90 Å². The highest BCUT2D eigenvalue weighted by Crippen LogP contribution is 2.44. The summed E-state index contributed by atoms with van der Waals surface area (Å²) in [6.07, 6.45) is 6.05. The molecule has 6 nitrogen and oxygen atoms in total. The van der Waals surface area contributed by atoms with Crippen LogP contribution in [0.3, 0.4) is 0 Å². The summed E-state index contributed by atoms with van der Waals surface area (Å²) in [6.45, 7) is 2.63. The number of carbonyl (C=O) groups is 1. The lowest BCUT2D eigenvalue weighted by Crippen LogP contribution is -2.35. The van der Waals surface area contributed by atoms with Gasteiger partial charge in [0.05, 0.1) is 12.3 Å². The minimum Gasteiger partial charge on any atom is -0.396 e. The van der Waals surface area contributed by atoms with Crippen molar-refractivity contribution in [3.8, 4) is 0 Å². The van der Waals surface area contributed by atoms with Crippen LogP contribution in [0.2, 0.25) is 0 Å². The Balaban J connectivity index is 1.60. The van der Waals surface area contributed by atoms with Gasteiger partial charge in [0.25, 0.3) is 0 Å². The van der Waals surface area contributed by atoms with E-state index in [0.29, 0.717) is 6.54 Å².